The van der Waals surface area contributed by atoms with E-state index in [0.29, 0.717) is 11.5 Å². The molecule has 0 aliphatic heterocycles. The molecular formula is C14H20N2O. The van der Waals surface area contributed by atoms with Gasteiger partial charge in [0.05, 0.1) is 5.56 Å². The van der Waals surface area contributed by atoms with Crippen LogP contribution < -0.4 is 5.32 Å². The van der Waals surface area contributed by atoms with E-state index >= 15 is 0 Å². The zero-order valence-electron chi connectivity index (χ0n) is 10.4. The predicted molar refractivity (Wildman–Crippen MR) is 69.8 cm³/mol. The summed E-state index contributed by atoms with van der Waals surface area (Å²) < 4.78 is 0. The first-order valence-corrected chi connectivity index (χ1v) is 6.05. The second kappa shape index (κ2) is 7.60. The predicted octanol–water partition coefficient (Wildman–Crippen LogP) is 2.80. The van der Waals surface area contributed by atoms with Gasteiger partial charge in [0.15, 0.2) is 0 Å². The Hall–Kier alpha value is -1.64. The molecule has 0 aliphatic rings. The third-order valence-corrected chi connectivity index (χ3v) is 2.70. The van der Waals surface area contributed by atoms with Crippen molar-refractivity contribution in [3.63, 3.8) is 0 Å². The van der Waals surface area contributed by atoms with Crippen molar-refractivity contribution in [2.45, 2.75) is 26.2 Å². The van der Waals surface area contributed by atoms with Gasteiger partial charge in [0.1, 0.15) is 0 Å². The number of pyridine rings is 1. The second-order valence-corrected chi connectivity index (χ2v) is 4.21. The SMILES string of the molecule is C=CC(C)CCCCNC(=O)c1cccnc1. The molecular weight excluding hydrogens is 212 g/mol. The summed E-state index contributed by atoms with van der Waals surface area (Å²) in [6.45, 7) is 6.62. The lowest BCUT2D eigenvalue weighted by Gasteiger charge is -2.06. The standard InChI is InChI=1S/C14H20N2O/c1-3-12(2)7-4-5-10-16-14(17)13-8-6-9-15-11-13/h3,6,8-9,11-12H,1,4-5,7,10H2,2H3,(H,16,17). The largest absolute Gasteiger partial charge is 0.352 e. The Balaban J connectivity index is 2.15. The molecule has 1 atom stereocenters. The van der Waals surface area contributed by atoms with Gasteiger partial charge in [-0.05, 0) is 30.9 Å². The normalized spacial score (nSPS) is 11.8. The van der Waals surface area contributed by atoms with Gasteiger partial charge in [0.2, 0.25) is 0 Å². The minimum atomic E-state index is -0.0464. The maximum absolute atomic E-state index is 11.6. The van der Waals surface area contributed by atoms with Crippen molar-refractivity contribution in [3.05, 3.63) is 42.7 Å². The average molecular weight is 232 g/mol. The summed E-state index contributed by atoms with van der Waals surface area (Å²) in [5.41, 5.74) is 0.618. The first-order valence-electron chi connectivity index (χ1n) is 6.05. The van der Waals surface area contributed by atoms with Gasteiger partial charge in [-0.2, -0.15) is 0 Å². The molecule has 0 spiro atoms. The number of nitrogens with zero attached hydrogens (tertiary/aromatic N) is 1. The van der Waals surface area contributed by atoms with Crippen LogP contribution in [0, 0.1) is 5.92 Å². The Labute approximate surface area is 103 Å². The van der Waals surface area contributed by atoms with Crippen molar-refractivity contribution < 1.29 is 4.79 Å². The van der Waals surface area contributed by atoms with Crippen molar-refractivity contribution in [2.24, 2.45) is 5.92 Å². The molecule has 1 aromatic rings. The lowest BCUT2D eigenvalue weighted by Crippen LogP contribution is -2.24. The highest BCUT2D eigenvalue weighted by Gasteiger charge is 2.03. The van der Waals surface area contributed by atoms with Crippen LogP contribution in [0.15, 0.2) is 37.2 Å². The summed E-state index contributed by atoms with van der Waals surface area (Å²) in [6, 6.07) is 3.53. The van der Waals surface area contributed by atoms with Gasteiger partial charge in [0.25, 0.3) is 5.91 Å². The molecule has 1 heterocycles. The highest BCUT2D eigenvalue weighted by molar-refractivity contribution is 5.93. The van der Waals surface area contributed by atoms with Crippen molar-refractivity contribution in [2.75, 3.05) is 6.54 Å². The van der Waals surface area contributed by atoms with Crippen LogP contribution in [0.25, 0.3) is 0 Å². The number of carbonyl (C=O) groups excluding carboxylic acids is 1. The first-order chi connectivity index (χ1) is 8.24. The Bertz CT molecular complexity index is 348. The van der Waals surface area contributed by atoms with Crippen molar-refractivity contribution in [1.29, 1.82) is 0 Å². The van der Waals surface area contributed by atoms with E-state index < -0.39 is 0 Å². The number of hydrogen-bond donors (Lipinski definition) is 1. The molecule has 0 saturated carbocycles. The van der Waals surface area contributed by atoms with E-state index in [1.54, 1.807) is 24.5 Å². The molecule has 92 valence electrons. The molecule has 17 heavy (non-hydrogen) atoms. The number of rotatable bonds is 7. The molecule has 1 N–H and O–H groups in total. The number of nitrogens with one attached hydrogen (secondary N) is 1. The molecule has 1 amide bonds. The van der Waals surface area contributed by atoms with Crippen molar-refractivity contribution in [3.8, 4) is 0 Å². The minimum absolute atomic E-state index is 0.0464. The lowest BCUT2D eigenvalue weighted by molar-refractivity contribution is 0.0952. The maximum atomic E-state index is 11.6. The summed E-state index contributed by atoms with van der Waals surface area (Å²) in [5.74, 6) is 0.513. The number of amides is 1. The van der Waals surface area contributed by atoms with Crippen LogP contribution in [-0.2, 0) is 0 Å². The van der Waals surface area contributed by atoms with E-state index in [-0.39, 0.29) is 5.91 Å². The van der Waals surface area contributed by atoms with Gasteiger partial charge in [-0.1, -0.05) is 19.4 Å². The highest BCUT2D eigenvalue weighted by Crippen LogP contribution is 2.07. The van der Waals surface area contributed by atoms with Crippen LogP contribution in [0.1, 0.15) is 36.5 Å². The average Bonchev–Trinajstić information content (AvgIpc) is 2.38. The Morgan fingerprint density at radius 3 is 3.06 bits per heavy atom. The number of hydrogen-bond acceptors (Lipinski definition) is 2. The van der Waals surface area contributed by atoms with Gasteiger partial charge in [-0.15, -0.1) is 6.58 Å². The van der Waals surface area contributed by atoms with Gasteiger partial charge in [-0.25, -0.2) is 0 Å². The van der Waals surface area contributed by atoms with E-state index in [9.17, 15) is 4.79 Å². The van der Waals surface area contributed by atoms with Crippen LogP contribution in [0.3, 0.4) is 0 Å². The molecule has 1 rings (SSSR count). The van der Waals surface area contributed by atoms with Gasteiger partial charge < -0.3 is 5.32 Å². The summed E-state index contributed by atoms with van der Waals surface area (Å²) in [4.78, 5) is 15.5. The fourth-order valence-electron chi connectivity index (χ4n) is 1.51. The fourth-order valence-corrected chi connectivity index (χ4v) is 1.51. The van der Waals surface area contributed by atoms with Crippen LogP contribution in [0.5, 0.6) is 0 Å². The molecule has 0 saturated heterocycles. The molecule has 0 aliphatic carbocycles. The third kappa shape index (κ3) is 5.29. The summed E-state index contributed by atoms with van der Waals surface area (Å²) in [6.07, 6.45) is 8.45. The van der Waals surface area contributed by atoms with Gasteiger partial charge in [0, 0.05) is 18.9 Å². The highest BCUT2D eigenvalue weighted by atomic mass is 16.1. The monoisotopic (exact) mass is 232 g/mol. The van der Waals surface area contributed by atoms with E-state index in [1.807, 2.05) is 6.08 Å². The lowest BCUT2D eigenvalue weighted by atomic mass is 10.0. The molecule has 0 aromatic carbocycles. The van der Waals surface area contributed by atoms with Crippen LogP contribution in [0.4, 0.5) is 0 Å². The number of aromatic nitrogens is 1. The minimum Gasteiger partial charge on any atom is -0.352 e. The Morgan fingerprint density at radius 1 is 1.59 bits per heavy atom. The zero-order valence-corrected chi connectivity index (χ0v) is 10.4. The summed E-state index contributed by atoms with van der Waals surface area (Å²) >= 11 is 0. The van der Waals surface area contributed by atoms with Gasteiger partial charge in [-0.3, -0.25) is 9.78 Å². The summed E-state index contributed by atoms with van der Waals surface area (Å²) in [5, 5.41) is 2.89. The zero-order chi connectivity index (χ0) is 12.5. The molecule has 3 nitrogen and oxygen atoms in total. The van der Waals surface area contributed by atoms with E-state index in [2.05, 4.69) is 23.8 Å². The fraction of sp³-hybridized carbons (Fsp3) is 0.429. The van der Waals surface area contributed by atoms with Crippen molar-refractivity contribution >= 4 is 5.91 Å². The second-order valence-electron chi connectivity index (χ2n) is 4.21. The van der Waals surface area contributed by atoms with Crippen LogP contribution in [-0.4, -0.2) is 17.4 Å². The summed E-state index contributed by atoms with van der Waals surface area (Å²) in [7, 11) is 0. The number of allylic oxidation sites excluding steroid dienone is 1. The topological polar surface area (TPSA) is 42.0 Å². The molecule has 0 fully saturated rings. The van der Waals surface area contributed by atoms with Crippen LogP contribution >= 0.6 is 0 Å². The first kappa shape index (κ1) is 13.4. The smallest absolute Gasteiger partial charge is 0.252 e. The number of carbonyl (C=O) groups is 1. The molecule has 3 heteroatoms. The molecule has 1 aromatic heterocycles. The molecule has 0 bridgehead atoms. The maximum Gasteiger partial charge on any atom is 0.252 e. The van der Waals surface area contributed by atoms with Crippen molar-refractivity contribution in [1.82, 2.24) is 10.3 Å². The van der Waals surface area contributed by atoms with Crippen LogP contribution in [0.2, 0.25) is 0 Å². The Kier molecular flexibility index (Phi) is 6.00. The molecule has 1 unspecified atom stereocenters. The number of unbranched alkanes of at least 4 members (excludes halogenated alkanes) is 1. The van der Waals surface area contributed by atoms with E-state index in [1.165, 1.54) is 0 Å². The van der Waals surface area contributed by atoms with E-state index in [4.69, 9.17) is 0 Å². The third-order valence-electron chi connectivity index (χ3n) is 2.70. The van der Waals surface area contributed by atoms with Gasteiger partial charge >= 0.3 is 0 Å². The Morgan fingerprint density at radius 2 is 2.41 bits per heavy atom. The molecule has 0 radical (unpaired) electrons. The van der Waals surface area contributed by atoms with E-state index in [0.717, 1.165) is 25.8 Å². The quantitative estimate of drug-likeness (QED) is 0.580.